The number of likely N-dealkylation sites (N-methyl/N-ethyl adjacent to an activating group) is 1. The van der Waals surface area contributed by atoms with E-state index >= 15 is 0 Å². The molecule has 164 valence electrons. The van der Waals surface area contributed by atoms with E-state index in [1.54, 1.807) is 38.4 Å². The van der Waals surface area contributed by atoms with Crippen LogP contribution in [0.4, 0.5) is 5.69 Å². The van der Waals surface area contributed by atoms with E-state index in [0.717, 1.165) is 27.3 Å². The molecule has 0 aliphatic heterocycles. The topological polar surface area (TPSA) is 84.4 Å². The maximum absolute atomic E-state index is 13.1. The summed E-state index contributed by atoms with van der Waals surface area (Å²) in [5, 5.41) is 3.71. The molecule has 1 N–H and O–H groups in total. The minimum absolute atomic E-state index is 0.0591. The molecular weight excluding hydrogens is 412 g/mol. The van der Waals surface area contributed by atoms with Crippen molar-refractivity contribution < 1.29 is 14.3 Å². The second kappa shape index (κ2) is 8.63. The molecule has 0 aliphatic rings. The molecule has 3 rings (SSSR count). The Bertz CT molecular complexity index is 1130. The van der Waals surface area contributed by atoms with Gasteiger partial charge in [0.05, 0.1) is 24.2 Å². The van der Waals surface area contributed by atoms with Crippen LogP contribution in [0, 0.1) is 13.8 Å². The van der Waals surface area contributed by atoms with Gasteiger partial charge in [0.15, 0.2) is 0 Å². The van der Waals surface area contributed by atoms with Gasteiger partial charge in [-0.2, -0.15) is 0 Å². The first-order valence-corrected chi connectivity index (χ1v) is 10.8. The van der Waals surface area contributed by atoms with Crippen molar-refractivity contribution in [3.63, 3.8) is 0 Å². The summed E-state index contributed by atoms with van der Waals surface area (Å²) in [7, 11) is 3.21. The fourth-order valence-corrected chi connectivity index (χ4v) is 4.44. The molecule has 0 saturated carbocycles. The molecule has 7 nitrogen and oxygen atoms in total. The molecule has 0 atom stereocenters. The van der Waals surface area contributed by atoms with Crippen molar-refractivity contribution in [2.24, 2.45) is 0 Å². The fraction of sp³-hybridized carbons (Fsp3) is 0.391. The summed E-state index contributed by atoms with van der Waals surface area (Å²) in [6.45, 7) is 9.99. The molecule has 3 aromatic rings. The molecule has 0 saturated heterocycles. The first kappa shape index (κ1) is 22.7. The molecule has 0 aliphatic carbocycles. The largest absolute Gasteiger partial charge is 0.497 e. The van der Waals surface area contributed by atoms with Crippen molar-refractivity contribution in [3.8, 4) is 5.75 Å². The van der Waals surface area contributed by atoms with Crippen molar-refractivity contribution in [1.29, 1.82) is 0 Å². The summed E-state index contributed by atoms with van der Waals surface area (Å²) in [6.07, 6.45) is 0. The van der Waals surface area contributed by atoms with Gasteiger partial charge in [-0.3, -0.25) is 9.59 Å². The average molecular weight is 441 g/mol. The van der Waals surface area contributed by atoms with Gasteiger partial charge in [-0.25, -0.2) is 9.97 Å². The number of nitrogens with zero attached hydrogens (tertiary/aromatic N) is 3. The van der Waals surface area contributed by atoms with Gasteiger partial charge in [-0.05, 0) is 43.7 Å². The van der Waals surface area contributed by atoms with Crippen LogP contribution < -0.4 is 10.1 Å². The highest BCUT2D eigenvalue weighted by molar-refractivity contribution is 7.20. The molecule has 8 heteroatoms. The number of hydrogen-bond donors (Lipinski definition) is 1. The fourth-order valence-electron chi connectivity index (χ4n) is 3.21. The lowest BCUT2D eigenvalue weighted by Crippen LogP contribution is -2.34. The lowest BCUT2D eigenvalue weighted by molar-refractivity contribution is -0.116. The Morgan fingerprint density at radius 3 is 2.35 bits per heavy atom. The number of ether oxygens (including phenoxy) is 1. The molecular formula is C23H28N4O3S. The van der Waals surface area contributed by atoms with Gasteiger partial charge in [-0.15, -0.1) is 11.3 Å². The highest BCUT2D eigenvalue weighted by atomic mass is 32.1. The van der Waals surface area contributed by atoms with Gasteiger partial charge >= 0.3 is 0 Å². The van der Waals surface area contributed by atoms with E-state index in [0.29, 0.717) is 16.3 Å². The second-order valence-corrected chi connectivity index (χ2v) is 9.56. The van der Waals surface area contributed by atoms with Gasteiger partial charge in [0.25, 0.3) is 5.91 Å². The minimum atomic E-state index is -0.272. The lowest BCUT2D eigenvalue weighted by atomic mass is 9.95. The number of amides is 2. The smallest absolute Gasteiger partial charge is 0.264 e. The van der Waals surface area contributed by atoms with Crippen LogP contribution in [0.15, 0.2) is 24.3 Å². The molecule has 0 fully saturated rings. The third-order valence-corrected chi connectivity index (χ3v) is 6.11. The Labute approximate surface area is 186 Å². The first-order valence-electron chi connectivity index (χ1n) is 9.99. The van der Waals surface area contributed by atoms with Crippen LogP contribution in [-0.2, 0) is 10.2 Å². The number of methoxy groups -OCH3 is 1. The number of thiophene rings is 1. The zero-order chi connectivity index (χ0) is 22.9. The van der Waals surface area contributed by atoms with Crippen LogP contribution in [0.3, 0.4) is 0 Å². The molecule has 2 aromatic heterocycles. The Morgan fingerprint density at radius 2 is 1.77 bits per heavy atom. The highest BCUT2D eigenvalue weighted by Crippen LogP contribution is 2.33. The second-order valence-electron chi connectivity index (χ2n) is 8.56. The summed E-state index contributed by atoms with van der Waals surface area (Å²) >= 11 is 1.35. The van der Waals surface area contributed by atoms with Gasteiger partial charge in [0, 0.05) is 23.5 Å². The van der Waals surface area contributed by atoms with Crippen molar-refractivity contribution in [2.45, 2.75) is 40.0 Å². The Morgan fingerprint density at radius 1 is 1.13 bits per heavy atom. The predicted octanol–water partition coefficient (Wildman–Crippen LogP) is 4.32. The zero-order valence-electron chi connectivity index (χ0n) is 19.0. The third kappa shape index (κ3) is 4.85. The summed E-state index contributed by atoms with van der Waals surface area (Å²) in [5.41, 5.74) is 2.18. The molecule has 1 aromatic carbocycles. The number of aryl methyl sites for hydroxylation is 2. The Kier molecular flexibility index (Phi) is 6.31. The highest BCUT2D eigenvalue weighted by Gasteiger charge is 2.25. The normalized spacial score (nSPS) is 11.5. The summed E-state index contributed by atoms with van der Waals surface area (Å²) < 4.78 is 5.12. The van der Waals surface area contributed by atoms with Crippen molar-refractivity contribution in [2.75, 3.05) is 26.0 Å². The molecule has 31 heavy (non-hydrogen) atoms. The zero-order valence-corrected chi connectivity index (χ0v) is 19.8. The number of anilines is 1. The van der Waals surface area contributed by atoms with E-state index in [-0.39, 0.29) is 23.8 Å². The Balaban J connectivity index is 1.78. The standard InChI is InChI=1S/C23H28N4O3S/c1-13-18-14(2)24-22(23(3,4)5)26-20(18)31-19(13)21(29)27(6)12-17(28)25-15-8-10-16(30-7)11-9-15/h8-11H,12H2,1-7H3,(H,25,28). The van der Waals surface area contributed by atoms with Crippen molar-refractivity contribution in [3.05, 3.63) is 46.2 Å². The van der Waals surface area contributed by atoms with E-state index in [2.05, 4.69) is 31.1 Å². The number of fused-ring (bicyclic) bond motifs is 1. The number of benzene rings is 1. The predicted molar refractivity (Wildman–Crippen MR) is 124 cm³/mol. The molecule has 0 bridgehead atoms. The number of hydrogen-bond acceptors (Lipinski definition) is 6. The van der Waals surface area contributed by atoms with E-state index in [1.807, 2.05) is 13.8 Å². The molecule has 2 heterocycles. The molecule has 0 unspecified atom stereocenters. The number of carbonyl (C=O) groups excluding carboxylic acids is 2. The van der Waals surface area contributed by atoms with E-state index in [9.17, 15) is 9.59 Å². The van der Waals surface area contributed by atoms with Crippen LogP contribution in [0.1, 0.15) is 47.5 Å². The number of aromatic nitrogens is 2. The van der Waals surface area contributed by atoms with Crippen LogP contribution in [-0.4, -0.2) is 47.4 Å². The first-order chi connectivity index (χ1) is 14.5. The van der Waals surface area contributed by atoms with E-state index in [1.165, 1.54) is 16.2 Å². The summed E-state index contributed by atoms with van der Waals surface area (Å²) in [6, 6.07) is 7.03. The molecule has 0 radical (unpaired) electrons. The average Bonchev–Trinajstić information content (AvgIpc) is 3.04. The minimum Gasteiger partial charge on any atom is -0.497 e. The van der Waals surface area contributed by atoms with E-state index in [4.69, 9.17) is 9.72 Å². The monoisotopic (exact) mass is 440 g/mol. The third-order valence-electron chi connectivity index (χ3n) is 4.94. The van der Waals surface area contributed by atoms with Crippen LogP contribution in [0.2, 0.25) is 0 Å². The van der Waals surface area contributed by atoms with Gasteiger partial charge in [-0.1, -0.05) is 20.8 Å². The van der Waals surface area contributed by atoms with Crippen LogP contribution in [0.25, 0.3) is 10.2 Å². The van der Waals surface area contributed by atoms with Crippen LogP contribution in [0.5, 0.6) is 5.75 Å². The summed E-state index contributed by atoms with van der Waals surface area (Å²) in [4.78, 5) is 37.7. The number of carbonyl (C=O) groups is 2. The summed E-state index contributed by atoms with van der Waals surface area (Å²) in [5.74, 6) is 0.983. The SMILES string of the molecule is COc1ccc(NC(=O)CN(C)C(=O)c2sc3nc(C(C)(C)C)nc(C)c3c2C)cc1. The number of nitrogens with one attached hydrogen (secondary N) is 1. The van der Waals surface area contributed by atoms with Gasteiger partial charge < -0.3 is 15.0 Å². The van der Waals surface area contributed by atoms with Gasteiger partial charge in [0.1, 0.15) is 16.4 Å². The molecule has 0 spiro atoms. The maximum atomic E-state index is 13.1. The van der Waals surface area contributed by atoms with Gasteiger partial charge in [0.2, 0.25) is 5.91 Å². The maximum Gasteiger partial charge on any atom is 0.264 e. The van der Waals surface area contributed by atoms with Crippen molar-refractivity contribution >= 4 is 39.1 Å². The Hall–Kier alpha value is -3.00. The van der Waals surface area contributed by atoms with E-state index < -0.39 is 0 Å². The quantitative estimate of drug-likeness (QED) is 0.639. The number of rotatable bonds is 5. The van der Waals surface area contributed by atoms with Crippen LogP contribution >= 0.6 is 11.3 Å². The van der Waals surface area contributed by atoms with Crippen molar-refractivity contribution in [1.82, 2.24) is 14.9 Å². The molecule has 2 amide bonds. The lowest BCUT2D eigenvalue weighted by Gasteiger charge is -2.17.